The van der Waals surface area contributed by atoms with E-state index in [1.807, 2.05) is 43.3 Å². The van der Waals surface area contributed by atoms with Gasteiger partial charge >= 0.3 is 6.36 Å². The number of fused-ring (bicyclic) bond motifs is 1. The van der Waals surface area contributed by atoms with Gasteiger partial charge in [0.25, 0.3) is 5.91 Å². The van der Waals surface area contributed by atoms with Crippen molar-refractivity contribution in [1.82, 2.24) is 9.55 Å². The highest BCUT2D eigenvalue weighted by molar-refractivity contribution is 5.92. The first-order valence-electron chi connectivity index (χ1n) is 14.0. The molecule has 0 bridgehead atoms. The number of halogens is 3. The van der Waals surface area contributed by atoms with Crippen molar-refractivity contribution in [3.8, 4) is 11.5 Å². The Balaban J connectivity index is 1.40. The van der Waals surface area contributed by atoms with Crippen LogP contribution in [0.4, 0.5) is 30.5 Å². The molecule has 0 spiro atoms. The summed E-state index contributed by atoms with van der Waals surface area (Å²) >= 11 is 0. The number of alkyl halides is 3. The van der Waals surface area contributed by atoms with Crippen molar-refractivity contribution >= 4 is 34.3 Å². The molecule has 1 amide bonds. The van der Waals surface area contributed by atoms with Gasteiger partial charge in [0, 0.05) is 23.5 Å². The lowest BCUT2D eigenvalue weighted by molar-refractivity contribution is -0.274. The first-order valence-corrected chi connectivity index (χ1v) is 14.0. The van der Waals surface area contributed by atoms with Gasteiger partial charge in [0.1, 0.15) is 11.5 Å². The molecule has 3 aromatic carbocycles. The van der Waals surface area contributed by atoms with Gasteiger partial charge in [-0.3, -0.25) is 4.79 Å². The van der Waals surface area contributed by atoms with Crippen molar-refractivity contribution in [2.75, 3.05) is 17.2 Å². The molecular weight excluding hydrogens is 545 g/mol. The molecule has 1 aliphatic carbocycles. The standard InChI is InChI=1S/C32H35F3N4O3/c1-20-6-5-7-23(14-20)36-29(40)19-41-26-12-13-28-27(16-26)38-30(39(28)24-15-21(2)17-31(3,4)18-24)37-22-8-10-25(11-9-22)42-32(33,34)35/h5-14,16,21,24H,15,17-19H2,1-4H3,(H,36,40)(H,37,38)/t21-,24-/m0/s1. The minimum absolute atomic E-state index is 0.139. The van der Waals surface area contributed by atoms with E-state index in [1.54, 1.807) is 6.07 Å². The van der Waals surface area contributed by atoms with E-state index in [1.165, 1.54) is 24.3 Å². The molecule has 0 saturated heterocycles. The molecule has 1 saturated carbocycles. The number of nitrogens with one attached hydrogen (secondary N) is 2. The van der Waals surface area contributed by atoms with Gasteiger partial charge in [0.05, 0.1) is 11.0 Å². The Labute approximate surface area is 243 Å². The zero-order valence-corrected chi connectivity index (χ0v) is 24.1. The van der Waals surface area contributed by atoms with Crippen molar-refractivity contribution in [2.45, 2.75) is 59.4 Å². The fourth-order valence-electron chi connectivity index (χ4n) is 6.06. The van der Waals surface area contributed by atoms with Crippen LogP contribution in [0.1, 0.15) is 51.6 Å². The number of hydrogen-bond acceptors (Lipinski definition) is 5. The fourth-order valence-corrected chi connectivity index (χ4v) is 6.06. The van der Waals surface area contributed by atoms with Gasteiger partial charge in [0.15, 0.2) is 6.61 Å². The lowest BCUT2D eigenvalue weighted by Gasteiger charge is -2.40. The summed E-state index contributed by atoms with van der Waals surface area (Å²) in [5.41, 5.74) is 4.05. The number of amides is 1. The van der Waals surface area contributed by atoms with E-state index in [0.717, 1.165) is 30.3 Å². The summed E-state index contributed by atoms with van der Waals surface area (Å²) in [7, 11) is 0. The molecule has 2 atom stereocenters. The number of rotatable bonds is 8. The SMILES string of the molecule is Cc1cccc(NC(=O)COc2ccc3c(c2)nc(Nc2ccc(OC(F)(F)F)cc2)n3[C@H]2C[C@H](C)CC(C)(C)C2)c1. The van der Waals surface area contributed by atoms with Crippen molar-refractivity contribution in [1.29, 1.82) is 0 Å². The Kier molecular flexibility index (Phi) is 8.08. The molecule has 10 heteroatoms. The average Bonchev–Trinajstić information content (AvgIpc) is 3.23. The number of hydrogen-bond donors (Lipinski definition) is 2. The highest BCUT2D eigenvalue weighted by atomic mass is 19.4. The summed E-state index contributed by atoms with van der Waals surface area (Å²) in [6.45, 7) is 8.60. The largest absolute Gasteiger partial charge is 0.573 e. The number of nitrogens with zero attached hydrogens (tertiary/aromatic N) is 2. The molecule has 2 N–H and O–H groups in total. The number of aromatic nitrogens is 2. The first-order chi connectivity index (χ1) is 19.8. The Bertz CT molecular complexity index is 1560. The van der Waals surface area contributed by atoms with Gasteiger partial charge in [-0.2, -0.15) is 0 Å². The predicted octanol–water partition coefficient (Wildman–Crippen LogP) is 8.39. The average molecular weight is 581 g/mol. The minimum atomic E-state index is -4.76. The normalized spacial score (nSPS) is 18.5. The maximum Gasteiger partial charge on any atom is 0.573 e. The fraction of sp³-hybridized carbons (Fsp3) is 0.375. The van der Waals surface area contributed by atoms with E-state index >= 15 is 0 Å². The molecular formula is C32H35F3N4O3. The molecule has 0 radical (unpaired) electrons. The highest BCUT2D eigenvalue weighted by Crippen LogP contribution is 2.46. The Hall–Kier alpha value is -4.21. The summed E-state index contributed by atoms with van der Waals surface area (Å²) in [6.07, 6.45) is -1.71. The van der Waals surface area contributed by atoms with E-state index < -0.39 is 6.36 Å². The Morgan fingerprint density at radius 3 is 2.45 bits per heavy atom. The highest BCUT2D eigenvalue weighted by Gasteiger charge is 2.35. The molecule has 1 fully saturated rings. The summed E-state index contributed by atoms with van der Waals surface area (Å²) < 4.78 is 49.9. The van der Waals surface area contributed by atoms with Gasteiger partial charge < -0.3 is 24.7 Å². The molecule has 5 rings (SSSR count). The molecule has 7 nitrogen and oxygen atoms in total. The van der Waals surface area contributed by atoms with Crippen LogP contribution in [0.25, 0.3) is 11.0 Å². The lowest BCUT2D eigenvalue weighted by Crippen LogP contribution is -2.29. The third kappa shape index (κ3) is 7.35. The second-order valence-corrected chi connectivity index (χ2v) is 11.9. The number of carbonyl (C=O) groups excluding carboxylic acids is 1. The van der Waals surface area contributed by atoms with Crippen LogP contribution < -0.4 is 20.1 Å². The van der Waals surface area contributed by atoms with E-state index in [2.05, 4.69) is 40.7 Å². The van der Waals surface area contributed by atoms with Crippen LogP contribution in [-0.2, 0) is 4.79 Å². The van der Waals surface area contributed by atoms with Crippen LogP contribution in [0.5, 0.6) is 11.5 Å². The van der Waals surface area contributed by atoms with Crippen LogP contribution >= 0.6 is 0 Å². The number of carbonyl (C=O) groups is 1. The molecule has 1 aliphatic rings. The van der Waals surface area contributed by atoms with Crippen LogP contribution in [0.3, 0.4) is 0 Å². The summed E-state index contributed by atoms with van der Waals surface area (Å²) in [5, 5.41) is 6.14. The number of aryl methyl sites for hydroxylation is 1. The van der Waals surface area contributed by atoms with Crippen molar-refractivity contribution in [3.63, 3.8) is 0 Å². The summed E-state index contributed by atoms with van der Waals surface area (Å²) in [6, 6.07) is 18.8. The third-order valence-corrected chi connectivity index (χ3v) is 7.41. The minimum Gasteiger partial charge on any atom is -0.484 e. The monoisotopic (exact) mass is 580 g/mol. The molecule has 222 valence electrons. The zero-order chi connectivity index (χ0) is 30.1. The molecule has 0 unspecified atom stereocenters. The Morgan fingerprint density at radius 1 is 1.02 bits per heavy atom. The maximum absolute atomic E-state index is 12.6. The maximum atomic E-state index is 12.6. The molecule has 0 aliphatic heterocycles. The predicted molar refractivity (Wildman–Crippen MR) is 157 cm³/mol. The smallest absolute Gasteiger partial charge is 0.484 e. The van der Waals surface area contributed by atoms with E-state index in [0.29, 0.717) is 34.5 Å². The topological polar surface area (TPSA) is 77.4 Å². The second kappa shape index (κ2) is 11.6. The van der Waals surface area contributed by atoms with E-state index in [-0.39, 0.29) is 29.7 Å². The third-order valence-electron chi connectivity index (χ3n) is 7.41. The van der Waals surface area contributed by atoms with Gasteiger partial charge in [-0.25, -0.2) is 4.98 Å². The molecule has 42 heavy (non-hydrogen) atoms. The number of benzene rings is 3. The number of ether oxygens (including phenoxy) is 2. The molecule has 1 heterocycles. The summed E-state index contributed by atoms with van der Waals surface area (Å²) in [4.78, 5) is 17.3. The number of imidazole rings is 1. The van der Waals surface area contributed by atoms with Gasteiger partial charge in [-0.05, 0) is 91.6 Å². The van der Waals surface area contributed by atoms with Crippen molar-refractivity contribution in [3.05, 3.63) is 72.3 Å². The van der Waals surface area contributed by atoms with Crippen LogP contribution in [0.15, 0.2) is 66.7 Å². The van der Waals surface area contributed by atoms with Gasteiger partial charge in [-0.15, -0.1) is 13.2 Å². The van der Waals surface area contributed by atoms with Crippen LogP contribution in [-0.4, -0.2) is 28.4 Å². The summed E-state index contributed by atoms with van der Waals surface area (Å²) in [5.74, 6) is 1.03. The lowest BCUT2D eigenvalue weighted by atomic mass is 9.70. The Morgan fingerprint density at radius 2 is 1.76 bits per heavy atom. The zero-order valence-electron chi connectivity index (χ0n) is 24.1. The van der Waals surface area contributed by atoms with Gasteiger partial charge in [-0.1, -0.05) is 32.9 Å². The van der Waals surface area contributed by atoms with E-state index in [9.17, 15) is 18.0 Å². The molecule has 1 aromatic heterocycles. The second-order valence-electron chi connectivity index (χ2n) is 11.9. The van der Waals surface area contributed by atoms with E-state index in [4.69, 9.17) is 9.72 Å². The van der Waals surface area contributed by atoms with Crippen LogP contribution in [0.2, 0.25) is 0 Å². The quantitative estimate of drug-likeness (QED) is 0.219. The number of anilines is 3. The van der Waals surface area contributed by atoms with Crippen molar-refractivity contribution < 1.29 is 27.4 Å². The molecule has 4 aromatic rings. The van der Waals surface area contributed by atoms with Gasteiger partial charge in [0.2, 0.25) is 5.95 Å². The first kappa shape index (κ1) is 29.3. The van der Waals surface area contributed by atoms with Crippen LogP contribution in [0, 0.1) is 18.3 Å². The van der Waals surface area contributed by atoms with Crippen molar-refractivity contribution in [2.24, 2.45) is 11.3 Å².